The summed E-state index contributed by atoms with van der Waals surface area (Å²) in [5.74, 6) is -20.2. The molecule has 540 valence electrons. The minimum absolute atomic E-state index is 0.00321. The molecule has 0 heterocycles. The molecule has 95 heavy (non-hydrogen) atoms. The van der Waals surface area contributed by atoms with Crippen LogP contribution in [0.5, 0.6) is 0 Å². The van der Waals surface area contributed by atoms with Crippen molar-refractivity contribution in [2.24, 2.45) is 47.0 Å². The van der Waals surface area contributed by atoms with E-state index in [-0.39, 0.29) is 49.4 Å². The van der Waals surface area contributed by atoms with Gasteiger partial charge in [-0.05, 0) is 81.5 Å². The molecule has 0 radical (unpaired) electrons. The van der Waals surface area contributed by atoms with E-state index in [0.29, 0.717) is 6.42 Å². The number of aliphatic hydroxyl groups excluding tert-OH is 2. The Balaban J connectivity index is 6.61. The molecule has 35 heteroatoms. The maximum absolute atomic E-state index is 14.1. The van der Waals surface area contributed by atoms with Gasteiger partial charge in [-0.1, -0.05) is 89.5 Å². The number of carboxylic acids is 3. The van der Waals surface area contributed by atoms with Gasteiger partial charge in [-0.15, -0.1) is 0 Å². The molecule has 0 aromatic heterocycles. The van der Waals surface area contributed by atoms with Crippen molar-refractivity contribution in [3.05, 3.63) is 0 Å². The van der Waals surface area contributed by atoms with Crippen molar-refractivity contribution in [3.8, 4) is 0 Å². The fourth-order valence-electron chi connectivity index (χ4n) is 9.10. The van der Waals surface area contributed by atoms with Crippen molar-refractivity contribution in [3.63, 3.8) is 0 Å². The fraction of sp³-hybridized carbons (Fsp3) is 0.733. The first kappa shape index (κ1) is 86.4. The summed E-state index contributed by atoms with van der Waals surface area (Å²) in [5.41, 5.74) is 11.5. The largest absolute Gasteiger partial charge is 0.481 e. The summed E-state index contributed by atoms with van der Waals surface area (Å²) in [5, 5.41) is 77.6. The molecule has 13 amide bonds. The number of carboxylic acid groups (broad SMARTS) is 3. The third kappa shape index (κ3) is 33.4. The molecular formula is C60H104N14O21. The van der Waals surface area contributed by atoms with E-state index < -0.39 is 224 Å². The maximum atomic E-state index is 14.1. The number of hydrogen-bond acceptors (Lipinski definition) is 19. The van der Waals surface area contributed by atoms with E-state index in [1.54, 1.807) is 76.2 Å². The van der Waals surface area contributed by atoms with Gasteiger partial charge >= 0.3 is 17.9 Å². The SMILES string of the molecule is CC[C@H](C)[C@H](N)C(=O)N[C@H](C(=O)NCC(=O)N[C@@H](CC(C)C)C(=O)N[C@H](C(=O)N[C@@H](CC(C)C)C(=O)N[C@@H](CCC(=O)O)C(=O)N[C@@H](CC(N)=O)C(=O)N[C@@H](C)C(=O)N[C@@H](CC(=O)O)C(=O)N[C@@H](CC(C)C)C(=O)N[C@@H](CO)C(=O)N[C@@H](CC(C)C)C(=O)O)[C@@H](C)O)C(C)C. The zero-order valence-corrected chi connectivity index (χ0v) is 56.7. The molecule has 0 aliphatic carbocycles. The van der Waals surface area contributed by atoms with E-state index in [4.69, 9.17) is 11.5 Å². The van der Waals surface area contributed by atoms with Crippen LogP contribution in [0.1, 0.15) is 155 Å². The summed E-state index contributed by atoms with van der Waals surface area (Å²) in [6, 6.07) is -19.0. The molecule has 0 spiro atoms. The van der Waals surface area contributed by atoms with E-state index in [1.807, 2.05) is 6.92 Å². The lowest BCUT2D eigenvalue weighted by molar-refractivity contribution is -0.143. The van der Waals surface area contributed by atoms with Crippen molar-refractivity contribution in [2.45, 2.75) is 233 Å². The number of rotatable bonds is 45. The highest BCUT2D eigenvalue weighted by molar-refractivity contribution is 6.00. The Kier molecular flexibility index (Phi) is 38.8. The molecule has 0 aromatic rings. The second-order valence-electron chi connectivity index (χ2n) is 25.6. The summed E-state index contributed by atoms with van der Waals surface area (Å²) in [6.07, 6.45) is -5.03. The molecule has 0 saturated carbocycles. The van der Waals surface area contributed by atoms with Crippen molar-refractivity contribution in [2.75, 3.05) is 13.2 Å². The van der Waals surface area contributed by atoms with Crippen LogP contribution in [0.3, 0.4) is 0 Å². The molecule has 0 bridgehead atoms. The van der Waals surface area contributed by atoms with Crippen LogP contribution in [0, 0.1) is 35.5 Å². The van der Waals surface area contributed by atoms with E-state index in [1.165, 1.54) is 0 Å². The average Bonchev–Trinajstić information content (AvgIpc) is 1.17. The summed E-state index contributed by atoms with van der Waals surface area (Å²) in [6.45, 7) is 20.8. The first-order valence-corrected chi connectivity index (χ1v) is 31.6. The Morgan fingerprint density at radius 3 is 1.22 bits per heavy atom. The molecule has 14 atom stereocenters. The number of carbonyl (C=O) groups excluding carboxylic acids is 13. The lowest BCUT2D eigenvalue weighted by atomic mass is 9.97. The monoisotopic (exact) mass is 1360 g/mol. The molecule has 0 rings (SSSR count). The molecule has 0 unspecified atom stereocenters. The van der Waals surface area contributed by atoms with Crippen LogP contribution >= 0.6 is 0 Å². The van der Waals surface area contributed by atoms with Gasteiger partial charge < -0.3 is 101 Å². The number of carbonyl (C=O) groups is 16. The van der Waals surface area contributed by atoms with Crippen LogP contribution in [0.4, 0.5) is 0 Å². The third-order valence-electron chi connectivity index (χ3n) is 14.6. The van der Waals surface area contributed by atoms with Crippen molar-refractivity contribution in [1.82, 2.24) is 63.8 Å². The van der Waals surface area contributed by atoms with Crippen LogP contribution in [0.15, 0.2) is 0 Å². The van der Waals surface area contributed by atoms with Crippen LogP contribution in [-0.4, -0.2) is 212 Å². The number of primary amides is 1. The van der Waals surface area contributed by atoms with Gasteiger partial charge in [0.2, 0.25) is 76.8 Å². The Morgan fingerprint density at radius 2 is 0.779 bits per heavy atom. The molecule has 0 aliphatic rings. The van der Waals surface area contributed by atoms with Crippen molar-refractivity contribution in [1.29, 1.82) is 0 Å². The Bertz CT molecular complexity index is 2670. The number of hydrogen-bond donors (Lipinski definition) is 19. The number of aliphatic carboxylic acids is 3. The van der Waals surface area contributed by atoms with Crippen LogP contribution < -0.4 is 75.3 Å². The van der Waals surface area contributed by atoms with Gasteiger partial charge in [-0.25, -0.2) is 4.79 Å². The number of aliphatic hydroxyl groups is 2. The van der Waals surface area contributed by atoms with Crippen LogP contribution in [-0.2, 0) is 76.7 Å². The van der Waals surface area contributed by atoms with Crippen LogP contribution in [0.25, 0.3) is 0 Å². The average molecular weight is 1360 g/mol. The molecule has 0 saturated heterocycles. The first-order chi connectivity index (χ1) is 44.0. The standard InChI is InChI=1S/C60H104N14O21/c1-15-31(12)46(62)57(91)73-47(30(10)11)58(92)63-24-43(78)65-35(18-26(2)3)55(89)74-48(33(14)76)59(93)70-37(20-28(6)7)52(86)66-34(16-17-44(79)80)50(84)69-38(22-42(61)77)51(85)64-32(13)49(83)67-39(23-45(81)82)54(88)68-36(19-27(4)5)53(87)72-41(25-75)56(90)71-40(60(94)95)21-29(8)9/h26-41,46-48,75-76H,15-25,62H2,1-14H3,(H2,61,77)(H,63,92)(H,64,85)(H,65,78)(H,66,86)(H,67,83)(H,68,88)(H,69,84)(H,70,93)(H,71,90)(H,72,87)(H,73,91)(H,74,89)(H,79,80)(H,81,82)(H,94,95)/t31-,32-,33+,34-,35-,36-,37-,38-,39-,40-,41-,46-,47-,48-/m0/s1. The van der Waals surface area contributed by atoms with Gasteiger partial charge in [0, 0.05) is 6.42 Å². The number of nitrogens with two attached hydrogens (primary N) is 2. The zero-order valence-electron chi connectivity index (χ0n) is 56.7. The number of amides is 13. The quantitative estimate of drug-likeness (QED) is 0.0273. The Hall–Kier alpha value is -8.60. The smallest absolute Gasteiger partial charge is 0.326 e. The third-order valence-corrected chi connectivity index (χ3v) is 14.6. The topological polar surface area (TPSA) is 571 Å². The van der Waals surface area contributed by atoms with Gasteiger partial charge in [0.25, 0.3) is 0 Å². The van der Waals surface area contributed by atoms with Crippen molar-refractivity contribution < 1.29 is 102 Å². The molecular weight excluding hydrogens is 1250 g/mol. The fourth-order valence-corrected chi connectivity index (χ4v) is 9.10. The highest BCUT2D eigenvalue weighted by Crippen LogP contribution is 2.14. The maximum Gasteiger partial charge on any atom is 0.326 e. The van der Waals surface area contributed by atoms with Gasteiger partial charge in [0.15, 0.2) is 0 Å². The highest BCUT2D eigenvalue weighted by Gasteiger charge is 2.38. The minimum Gasteiger partial charge on any atom is -0.481 e. The predicted octanol–water partition coefficient (Wildman–Crippen LogP) is -4.66. The lowest BCUT2D eigenvalue weighted by Crippen LogP contribution is -2.62. The van der Waals surface area contributed by atoms with E-state index >= 15 is 0 Å². The lowest BCUT2D eigenvalue weighted by Gasteiger charge is -2.29. The Morgan fingerprint density at radius 1 is 0.400 bits per heavy atom. The molecule has 0 aromatic carbocycles. The summed E-state index contributed by atoms with van der Waals surface area (Å²) < 4.78 is 0. The van der Waals surface area contributed by atoms with Gasteiger partial charge in [-0.2, -0.15) is 0 Å². The van der Waals surface area contributed by atoms with Gasteiger partial charge in [0.1, 0.15) is 66.5 Å². The van der Waals surface area contributed by atoms with Crippen molar-refractivity contribution >= 4 is 94.7 Å². The molecule has 21 N–H and O–H groups in total. The predicted molar refractivity (Wildman–Crippen MR) is 339 cm³/mol. The summed E-state index contributed by atoms with van der Waals surface area (Å²) in [7, 11) is 0. The first-order valence-electron chi connectivity index (χ1n) is 31.6. The minimum atomic E-state index is -1.98. The second kappa shape index (κ2) is 42.7. The van der Waals surface area contributed by atoms with E-state index in [9.17, 15) is 102 Å². The zero-order chi connectivity index (χ0) is 73.5. The summed E-state index contributed by atoms with van der Waals surface area (Å²) in [4.78, 5) is 211. The van der Waals surface area contributed by atoms with Crippen LogP contribution in [0.2, 0.25) is 0 Å². The Labute approximate surface area is 552 Å². The highest BCUT2D eigenvalue weighted by atomic mass is 16.4. The molecule has 0 fully saturated rings. The van der Waals surface area contributed by atoms with Gasteiger partial charge in [-0.3, -0.25) is 71.9 Å². The molecule has 35 nitrogen and oxygen atoms in total. The summed E-state index contributed by atoms with van der Waals surface area (Å²) >= 11 is 0. The van der Waals surface area contributed by atoms with E-state index in [0.717, 1.165) is 13.8 Å². The van der Waals surface area contributed by atoms with E-state index in [2.05, 4.69) is 63.8 Å². The number of nitrogens with one attached hydrogen (secondary N) is 12. The molecule has 0 aliphatic heterocycles. The van der Waals surface area contributed by atoms with Gasteiger partial charge in [0.05, 0.1) is 38.1 Å². The second-order valence-corrected chi connectivity index (χ2v) is 25.6. The normalized spacial score (nSPS) is 15.8.